The maximum Gasteiger partial charge on any atom is 0.115 e. The molecule has 0 bridgehead atoms. The lowest BCUT2D eigenvalue weighted by molar-refractivity contribution is 0.189. The minimum Gasteiger partial charge on any atom is -0.290 e. The van der Waals surface area contributed by atoms with Gasteiger partial charge in [-0.3, -0.25) is 4.90 Å². The molecule has 2 fully saturated rings. The summed E-state index contributed by atoms with van der Waals surface area (Å²) in [5.74, 6) is 0. The Morgan fingerprint density at radius 3 is 2.71 bits per heavy atom. The van der Waals surface area contributed by atoms with E-state index in [0.717, 1.165) is 25.8 Å². The molecule has 2 atom stereocenters. The Bertz CT molecular complexity index is 214. The van der Waals surface area contributed by atoms with Gasteiger partial charge in [0.2, 0.25) is 0 Å². The van der Waals surface area contributed by atoms with Crippen LogP contribution in [0.4, 0.5) is 4.39 Å². The molecular weight excluding hydrogens is 177 g/mol. The van der Waals surface area contributed by atoms with Crippen LogP contribution < -0.4 is 0 Å². The first-order valence-corrected chi connectivity index (χ1v) is 5.72. The third-order valence-electron chi connectivity index (χ3n) is 3.34. The molecule has 0 aromatic rings. The molecule has 2 aliphatic heterocycles. The van der Waals surface area contributed by atoms with E-state index in [4.69, 9.17) is 0 Å². The summed E-state index contributed by atoms with van der Waals surface area (Å²) in [6, 6.07) is 0. The first kappa shape index (κ1) is 11.7. The largest absolute Gasteiger partial charge is 0.290 e. The fourth-order valence-electron chi connectivity index (χ4n) is 2.74. The van der Waals surface area contributed by atoms with Crippen molar-refractivity contribution < 1.29 is 4.39 Å². The fraction of sp³-hybridized carbons (Fsp3) is 0.833. The van der Waals surface area contributed by atoms with Crippen molar-refractivity contribution in [3.05, 3.63) is 12.2 Å². The Morgan fingerprint density at radius 1 is 1.57 bits per heavy atom. The summed E-state index contributed by atoms with van der Waals surface area (Å²) in [4.78, 5) is 2.28. The van der Waals surface area contributed by atoms with E-state index in [9.17, 15) is 4.39 Å². The number of halogens is 1. The minimum atomic E-state index is -0.599. The van der Waals surface area contributed by atoms with Gasteiger partial charge < -0.3 is 0 Å². The normalized spacial score (nSPS) is 36.6. The molecule has 0 radical (unpaired) electrons. The van der Waals surface area contributed by atoms with E-state index < -0.39 is 6.17 Å². The molecule has 0 aromatic heterocycles. The molecule has 1 nitrogen and oxygen atoms in total. The van der Waals surface area contributed by atoms with Crippen molar-refractivity contribution in [1.82, 2.24) is 4.90 Å². The molecule has 0 amide bonds. The van der Waals surface area contributed by atoms with Crippen LogP contribution in [0.3, 0.4) is 0 Å². The fourth-order valence-corrected chi connectivity index (χ4v) is 2.74. The summed E-state index contributed by atoms with van der Waals surface area (Å²) in [5, 5.41) is 0. The van der Waals surface area contributed by atoms with Crippen LogP contribution in [0.25, 0.3) is 0 Å². The Labute approximate surface area is 87.0 Å². The van der Waals surface area contributed by atoms with Gasteiger partial charge in [0.1, 0.15) is 6.17 Å². The Hall–Kier alpha value is -0.370. The predicted molar refractivity (Wildman–Crippen MR) is 59.2 cm³/mol. The maximum atomic E-state index is 13.1. The summed E-state index contributed by atoms with van der Waals surface area (Å²) in [6.45, 7) is 11.7. The van der Waals surface area contributed by atoms with Crippen molar-refractivity contribution in [3.8, 4) is 0 Å². The first-order chi connectivity index (χ1) is 6.66. The molecule has 14 heavy (non-hydrogen) atoms. The van der Waals surface area contributed by atoms with E-state index in [-0.39, 0.29) is 5.54 Å². The van der Waals surface area contributed by atoms with E-state index >= 15 is 0 Å². The van der Waals surface area contributed by atoms with Crippen LogP contribution in [0.2, 0.25) is 0 Å². The molecule has 0 N–H and O–H groups in total. The first-order valence-electron chi connectivity index (χ1n) is 5.72. The van der Waals surface area contributed by atoms with Crippen molar-refractivity contribution >= 4 is 0 Å². The van der Waals surface area contributed by atoms with Gasteiger partial charge in [-0.15, -0.1) is 0 Å². The summed E-state index contributed by atoms with van der Waals surface area (Å²) >= 11 is 0. The zero-order chi connectivity index (χ0) is 10.8. The van der Waals surface area contributed by atoms with Gasteiger partial charge in [-0.05, 0) is 19.3 Å². The van der Waals surface area contributed by atoms with Crippen molar-refractivity contribution in [3.63, 3.8) is 0 Å². The lowest BCUT2D eigenvalue weighted by Crippen LogP contribution is -2.37. The van der Waals surface area contributed by atoms with Crippen LogP contribution in [0.1, 0.15) is 40.0 Å². The third-order valence-corrected chi connectivity index (χ3v) is 3.34. The number of rotatable bonds is 1. The topological polar surface area (TPSA) is 3.24 Å². The van der Waals surface area contributed by atoms with Crippen molar-refractivity contribution in [1.29, 1.82) is 0 Å². The number of alkyl halides is 1. The van der Waals surface area contributed by atoms with Crippen molar-refractivity contribution in [2.75, 3.05) is 13.1 Å². The third kappa shape index (κ3) is 1.85. The van der Waals surface area contributed by atoms with Gasteiger partial charge in [0.05, 0.1) is 0 Å². The van der Waals surface area contributed by atoms with E-state index in [1.165, 1.54) is 5.57 Å². The monoisotopic (exact) mass is 199 g/mol. The summed E-state index contributed by atoms with van der Waals surface area (Å²) in [5.41, 5.74) is 1.43. The highest BCUT2D eigenvalue weighted by Crippen LogP contribution is 2.43. The summed E-state index contributed by atoms with van der Waals surface area (Å²) < 4.78 is 13.1. The summed E-state index contributed by atoms with van der Waals surface area (Å²) in [6.07, 6.45) is 2.21. The second-order valence-corrected chi connectivity index (χ2v) is 4.19. The minimum absolute atomic E-state index is 0.149. The summed E-state index contributed by atoms with van der Waals surface area (Å²) in [7, 11) is 0. The van der Waals surface area contributed by atoms with Crippen molar-refractivity contribution in [2.45, 2.75) is 51.7 Å². The number of hydrogen-bond acceptors (Lipinski definition) is 1. The predicted octanol–water partition coefficient (Wildman–Crippen LogP) is 3.17. The van der Waals surface area contributed by atoms with E-state index in [1.54, 1.807) is 0 Å². The van der Waals surface area contributed by atoms with E-state index in [0.29, 0.717) is 6.54 Å². The molecule has 2 saturated heterocycles. The molecular formula is C12H22FN. The number of hydrogen-bond donors (Lipinski definition) is 0. The Morgan fingerprint density at radius 2 is 2.21 bits per heavy atom. The standard InChI is InChI=1S/C10H16FN.C2H6/c1-3-10-4-8(2)6-12(10)7-9(11)5-10;1-2/h9H,2-7H2,1H3;1-2H3/t9-,10+;/m0./s1. The van der Waals surface area contributed by atoms with Crippen LogP contribution in [0.15, 0.2) is 12.2 Å². The Balaban J connectivity index is 0.000000461. The molecule has 2 heterocycles. The van der Waals surface area contributed by atoms with Gasteiger partial charge in [-0.1, -0.05) is 32.9 Å². The van der Waals surface area contributed by atoms with Gasteiger partial charge in [-0.2, -0.15) is 0 Å². The van der Waals surface area contributed by atoms with Gasteiger partial charge in [0, 0.05) is 18.6 Å². The highest BCUT2D eigenvalue weighted by molar-refractivity contribution is 5.18. The van der Waals surface area contributed by atoms with Gasteiger partial charge in [0.25, 0.3) is 0 Å². The smallest absolute Gasteiger partial charge is 0.115 e. The average molecular weight is 199 g/mol. The molecule has 0 aliphatic carbocycles. The highest BCUT2D eigenvalue weighted by Gasteiger charge is 2.48. The highest BCUT2D eigenvalue weighted by atomic mass is 19.1. The molecule has 2 heteroatoms. The van der Waals surface area contributed by atoms with Gasteiger partial charge >= 0.3 is 0 Å². The van der Waals surface area contributed by atoms with E-state index in [1.807, 2.05) is 13.8 Å². The van der Waals surface area contributed by atoms with Crippen molar-refractivity contribution in [2.24, 2.45) is 0 Å². The molecule has 0 saturated carbocycles. The Kier molecular flexibility index (Phi) is 3.71. The van der Waals surface area contributed by atoms with Gasteiger partial charge in [-0.25, -0.2) is 4.39 Å². The molecule has 0 aromatic carbocycles. The average Bonchev–Trinajstić information content (AvgIpc) is 2.60. The van der Waals surface area contributed by atoms with Gasteiger partial charge in [0.15, 0.2) is 0 Å². The van der Waals surface area contributed by atoms with Crippen LogP contribution in [-0.2, 0) is 0 Å². The lowest BCUT2D eigenvalue weighted by atomic mass is 9.90. The molecule has 2 rings (SSSR count). The number of nitrogens with zero attached hydrogens (tertiary/aromatic N) is 1. The zero-order valence-electron chi connectivity index (χ0n) is 9.65. The number of fused-ring (bicyclic) bond motifs is 1. The maximum absolute atomic E-state index is 13.1. The van der Waals surface area contributed by atoms with E-state index in [2.05, 4.69) is 18.4 Å². The molecule has 82 valence electrons. The second kappa shape index (κ2) is 4.43. The van der Waals surface area contributed by atoms with Crippen LogP contribution in [-0.4, -0.2) is 29.7 Å². The SMILES string of the molecule is C=C1CN2C[C@@H](F)C[C@@]2(CC)C1.CC. The zero-order valence-corrected chi connectivity index (χ0v) is 9.65. The molecule has 2 aliphatic rings. The van der Waals surface area contributed by atoms with Crippen LogP contribution >= 0.6 is 0 Å². The quantitative estimate of drug-likeness (QED) is 0.586. The molecule has 0 spiro atoms. The van der Waals surface area contributed by atoms with Crippen LogP contribution in [0, 0.1) is 0 Å². The molecule has 0 unspecified atom stereocenters. The second-order valence-electron chi connectivity index (χ2n) is 4.19. The van der Waals surface area contributed by atoms with Crippen LogP contribution in [0.5, 0.6) is 0 Å². The lowest BCUT2D eigenvalue weighted by Gasteiger charge is -2.29.